The summed E-state index contributed by atoms with van der Waals surface area (Å²) in [6.07, 6.45) is 1.52. The number of nitrogens with two attached hydrogens (primary N) is 1. The third kappa shape index (κ3) is 7.37. The van der Waals surface area contributed by atoms with Crippen LogP contribution in [0.25, 0.3) is 5.57 Å². The fourth-order valence-corrected chi connectivity index (χ4v) is 4.76. The van der Waals surface area contributed by atoms with Crippen LogP contribution in [-0.2, 0) is 14.8 Å². The zero-order chi connectivity index (χ0) is 25.5. The first kappa shape index (κ1) is 27.5. The van der Waals surface area contributed by atoms with Gasteiger partial charge in [0, 0.05) is 16.7 Å². The number of carbonyl (C=O) groups excluding carboxylic acids is 1. The maximum atomic E-state index is 12.7. The quantitative estimate of drug-likeness (QED) is 0.388. The Morgan fingerprint density at radius 3 is 2.26 bits per heavy atom. The molecule has 1 aliphatic rings. The van der Waals surface area contributed by atoms with Gasteiger partial charge in [-0.05, 0) is 41.8 Å². The first-order valence-corrected chi connectivity index (χ1v) is 12.4. The Morgan fingerprint density at radius 2 is 1.68 bits per heavy atom. The van der Waals surface area contributed by atoms with Crippen LogP contribution in [0.15, 0.2) is 52.3 Å². The van der Waals surface area contributed by atoms with Gasteiger partial charge in [0.15, 0.2) is 11.5 Å². The average Bonchev–Trinajstić information content (AvgIpc) is 2.75. The van der Waals surface area contributed by atoms with Crippen molar-refractivity contribution in [2.45, 2.75) is 43.3 Å². The van der Waals surface area contributed by atoms with Gasteiger partial charge in [-0.3, -0.25) is 4.79 Å². The number of halogens is 4. The molecule has 0 spiro atoms. The minimum atomic E-state index is -4.09. The predicted octanol–water partition coefficient (Wildman–Crippen LogP) is 5.08. The van der Waals surface area contributed by atoms with E-state index in [0.29, 0.717) is 28.2 Å². The number of hydrogen-bond donors (Lipinski definition) is 2. The first-order valence-electron chi connectivity index (χ1n) is 9.89. The van der Waals surface area contributed by atoms with E-state index in [1.54, 1.807) is 0 Å². The number of ether oxygens (including phenoxy) is 2. The predicted molar refractivity (Wildman–Crippen MR) is 121 cm³/mol. The molecule has 0 bridgehead atoms. The van der Waals surface area contributed by atoms with Gasteiger partial charge in [0.1, 0.15) is 4.90 Å². The van der Waals surface area contributed by atoms with Gasteiger partial charge in [0.25, 0.3) is 0 Å². The number of benzene rings is 2. The molecule has 3 N–H and O–H groups in total. The molecule has 0 saturated heterocycles. The van der Waals surface area contributed by atoms with Crippen LogP contribution >= 0.6 is 11.8 Å². The molecule has 1 heterocycles. The van der Waals surface area contributed by atoms with Crippen LogP contribution in [0.5, 0.6) is 11.5 Å². The molecule has 0 fully saturated rings. The molecule has 0 aliphatic carbocycles. The van der Waals surface area contributed by atoms with Crippen molar-refractivity contribution >= 4 is 39.0 Å². The highest BCUT2D eigenvalue weighted by Crippen LogP contribution is 2.44. The summed E-state index contributed by atoms with van der Waals surface area (Å²) in [7, 11) is -4.09. The molecule has 0 unspecified atom stereocenters. The number of sulfonamides is 1. The van der Waals surface area contributed by atoms with Gasteiger partial charge in [0.05, 0.1) is 5.69 Å². The van der Waals surface area contributed by atoms with E-state index in [0.717, 1.165) is 18.2 Å². The third-order valence-electron chi connectivity index (χ3n) is 4.21. The third-order valence-corrected chi connectivity index (χ3v) is 6.24. The van der Waals surface area contributed by atoms with Crippen molar-refractivity contribution in [2.24, 2.45) is 5.14 Å². The minimum absolute atomic E-state index is 0.0374. The van der Waals surface area contributed by atoms with Gasteiger partial charge in [0.2, 0.25) is 15.9 Å². The highest BCUT2D eigenvalue weighted by atomic mass is 32.2. The number of anilines is 1. The molecule has 3 rings (SSSR count). The maximum Gasteiger partial charge on any atom is 0.387 e. The van der Waals surface area contributed by atoms with Crippen LogP contribution in [0, 0.1) is 0 Å². The van der Waals surface area contributed by atoms with Gasteiger partial charge in [-0.15, -0.1) is 11.8 Å². The smallest absolute Gasteiger partial charge is 0.387 e. The van der Waals surface area contributed by atoms with E-state index in [1.165, 1.54) is 36.0 Å². The number of para-hydroxylation sites is 1. The number of amides is 1. The van der Waals surface area contributed by atoms with Crippen molar-refractivity contribution < 1.29 is 40.2 Å². The number of thioether (sulfide) groups is 1. The molecular formula is C21H22F4N2O5S2. The Balaban J connectivity index is 0.00000199. The summed E-state index contributed by atoms with van der Waals surface area (Å²) in [5.41, 5.74) is 0.699. The molecule has 1 aliphatic heterocycles. The summed E-state index contributed by atoms with van der Waals surface area (Å²) in [5, 5.41) is 7.57. The van der Waals surface area contributed by atoms with E-state index >= 15 is 0 Å². The van der Waals surface area contributed by atoms with Crippen LogP contribution in [0.1, 0.15) is 25.8 Å². The highest BCUT2D eigenvalue weighted by molar-refractivity contribution is 7.99. The van der Waals surface area contributed by atoms with Crippen LogP contribution in [0.4, 0.5) is 23.2 Å². The molecule has 13 heteroatoms. The normalized spacial score (nSPS) is 14.3. The standard InChI is InChI=1S/C19H16F4N2O5S2.C2H6/c20-18(21)29-13-8-11-10(5-6-31-15(11)9-14(13)30-19(22)23)7-17(26)25-12-3-1-2-4-16(12)32(24,27)28;1-2/h1-4,7-9,18-19H,5-6H2,(H,25,26)(H2,24,27,28);1-2H3/b10-7+;. The summed E-state index contributed by atoms with van der Waals surface area (Å²) < 4.78 is 82.8. The number of rotatable bonds is 7. The lowest BCUT2D eigenvalue weighted by Crippen LogP contribution is -2.17. The number of primary sulfonamides is 1. The number of alkyl halides is 4. The lowest BCUT2D eigenvalue weighted by atomic mass is 10.0. The summed E-state index contributed by atoms with van der Waals surface area (Å²) in [4.78, 5) is 12.7. The average molecular weight is 523 g/mol. The summed E-state index contributed by atoms with van der Waals surface area (Å²) in [6.45, 7) is -2.53. The van der Waals surface area contributed by atoms with Crippen LogP contribution in [0.2, 0.25) is 0 Å². The van der Waals surface area contributed by atoms with E-state index in [4.69, 9.17) is 5.14 Å². The van der Waals surface area contributed by atoms with Crippen molar-refractivity contribution in [1.29, 1.82) is 0 Å². The van der Waals surface area contributed by atoms with E-state index < -0.39 is 40.7 Å². The van der Waals surface area contributed by atoms with E-state index in [-0.39, 0.29) is 10.6 Å². The second kappa shape index (κ2) is 12.1. The second-order valence-corrected chi connectivity index (χ2v) is 9.02. The zero-order valence-electron chi connectivity index (χ0n) is 18.1. The molecule has 0 radical (unpaired) electrons. The number of hydrogen-bond acceptors (Lipinski definition) is 6. The first-order chi connectivity index (χ1) is 16.0. The van der Waals surface area contributed by atoms with E-state index in [9.17, 15) is 30.8 Å². The fourth-order valence-electron chi connectivity index (χ4n) is 2.99. The van der Waals surface area contributed by atoms with Gasteiger partial charge in [-0.1, -0.05) is 26.0 Å². The molecular weight excluding hydrogens is 500 g/mol. The maximum absolute atomic E-state index is 12.7. The van der Waals surface area contributed by atoms with Crippen molar-refractivity contribution in [3.05, 3.63) is 48.0 Å². The molecule has 0 saturated carbocycles. The van der Waals surface area contributed by atoms with Crippen LogP contribution < -0.4 is 19.9 Å². The lowest BCUT2D eigenvalue weighted by Gasteiger charge is -2.22. The molecule has 2 aromatic carbocycles. The number of allylic oxidation sites excluding steroid dienone is 1. The Bertz CT molecular complexity index is 1160. The van der Waals surface area contributed by atoms with Crippen LogP contribution in [0.3, 0.4) is 0 Å². The van der Waals surface area contributed by atoms with E-state index in [1.807, 2.05) is 13.8 Å². The van der Waals surface area contributed by atoms with Crippen molar-refractivity contribution in [2.75, 3.05) is 11.1 Å². The second-order valence-electron chi connectivity index (χ2n) is 6.35. The summed E-state index contributed by atoms with van der Waals surface area (Å²) >= 11 is 1.26. The molecule has 1 amide bonds. The lowest BCUT2D eigenvalue weighted by molar-refractivity contribution is -0.111. The Labute approximate surface area is 198 Å². The summed E-state index contributed by atoms with van der Waals surface area (Å²) in [5.74, 6) is -1.38. The Hall–Kier alpha value is -2.77. The number of carbonyl (C=O) groups is 1. The molecule has 2 aromatic rings. The van der Waals surface area contributed by atoms with Crippen molar-refractivity contribution in [1.82, 2.24) is 0 Å². The highest BCUT2D eigenvalue weighted by Gasteiger charge is 2.23. The molecule has 0 atom stereocenters. The van der Waals surface area contributed by atoms with Gasteiger partial charge >= 0.3 is 13.2 Å². The number of nitrogens with one attached hydrogen (secondary N) is 1. The zero-order valence-corrected chi connectivity index (χ0v) is 19.7. The molecule has 0 aromatic heterocycles. The fraction of sp³-hybridized carbons (Fsp3) is 0.286. The monoisotopic (exact) mass is 522 g/mol. The number of fused-ring (bicyclic) bond motifs is 1. The van der Waals surface area contributed by atoms with Gasteiger partial charge in [-0.2, -0.15) is 17.6 Å². The topological polar surface area (TPSA) is 108 Å². The molecule has 186 valence electrons. The van der Waals surface area contributed by atoms with Crippen molar-refractivity contribution in [3.8, 4) is 11.5 Å². The SMILES string of the molecule is CC.NS(=O)(=O)c1ccccc1NC(=O)/C=C1\CCSc2cc(OC(F)F)c(OC(F)F)cc21. The van der Waals surface area contributed by atoms with E-state index in [2.05, 4.69) is 14.8 Å². The van der Waals surface area contributed by atoms with Gasteiger partial charge in [-0.25, -0.2) is 13.6 Å². The van der Waals surface area contributed by atoms with Crippen molar-refractivity contribution in [3.63, 3.8) is 0 Å². The van der Waals surface area contributed by atoms with Crippen LogP contribution in [-0.4, -0.2) is 33.3 Å². The minimum Gasteiger partial charge on any atom is -0.431 e. The summed E-state index contributed by atoms with van der Waals surface area (Å²) in [6, 6.07) is 7.76. The molecule has 34 heavy (non-hydrogen) atoms. The largest absolute Gasteiger partial charge is 0.431 e. The molecule has 7 nitrogen and oxygen atoms in total. The Morgan fingerprint density at radius 1 is 1.09 bits per heavy atom. The van der Waals surface area contributed by atoms with Gasteiger partial charge < -0.3 is 14.8 Å². The Kier molecular flexibility index (Phi) is 9.77.